The van der Waals surface area contributed by atoms with Crippen molar-refractivity contribution in [2.24, 2.45) is 5.84 Å². The zero-order valence-electron chi connectivity index (χ0n) is 8.62. The minimum absolute atomic E-state index is 0.448. The second-order valence-electron chi connectivity index (χ2n) is 3.19. The Morgan fingerprint density at radius 3 is 3.07 bits per heavy atom. The lowest BCUT2D eigenvalue weighted by Gasteiger charge is -2.08. The Bertz CT molecular complexity index is 358. The van der Waals surface area contributed by atoms with Gasteiger partial charge in [0, 0.05) is 23.7 Å². The summed E-state index contributed by atoms with van der Waals surface area (Å²) in [7, 11) is 0. The molecule has 0 amide bonds. The van der Waals surface area contributed by atoms with Crippen molar-refractivity contribution in [1.29, 1.82) is 0 Å². The molecule has 0 aromatic carbocycles. The monoisotopic (exact) mass is 226 g/mol. The van der Waals surface area contributed by atoms with Gasteiger partial charge in [-0.15, -0.1) is 0 Å². The van der Waals surface area contributed by atoms with Crippen LogP contribution >= 0.6 is 11.8 Å². The quantitative estimate of drug-likeness (QED) is 0.590. The Hall–Kier alpha value is -0.850. The van der Waals surface area contributed by atoms with Crippen molar-refractivity contribution in [3.8, 4) is 0 Å². The molecular formula is C9H14N4OS. The van der Waals surface area contributed by atoms with Crippen LogP contribution in [0.25, 0.3) is 0 Å². The van der Waals surface area contributed by atoms with Crippen molar-refractivity contribution in [2.75, 3.05) is 12.0 Å². The number of fused-ring (bicyclic) bond motifs is 1. The molecule has 0 aliphatic carbocycles. The molecule has 6 heteroatoms. The van der Waals surface area contributed by atoms with Gasteiger partial charge in [0.1, 0.15) is 12.4 Å². The molecule has 1 aliphatic rings. The Kier molecular flexibility index (Phi) is 3.40. The zero-order valence-corrected chi connectivity index (χ0v) is 9.43. The highest BCUT2D eigenvalue weighted by Gasteiger charge is 2.19. The lowest BCUT2D eigenvalue weighted by molar-refractivity contribution is 0.128. The summed E-state index contributed by atoms with van der Waals surface area (Å²) in [6.45, 7) is 3.06. The van der Waals surface area contributed by atoms with Crippen LogP contribution in [0.5, 0.6) is 0 Å². The number of nitrogens with two attached hydrogens (primary N) is 1. The van der Waals surface area contributed by atoms with Gasteiger partial charge in [0.25, 0.3) is 0 Å². The van der Waals surface area contributed by atoms with Gasteiger partial charge in [0.15, 0.2) is 5.82 Å². The summed E-state index contributed by atoms with van der Waals surface area (Å²) in [5.74, 6) is 8.74. The zero-order chi connectivity index (χ0) is 10.7. The van der Waals surface area contributed by atoms with Crippen LogP contribution in [-0.4, -0.2) is 16.6 Å². The summed E-state index contributed by atoms with van der Waals surface area (Å²) in [6.07, 6.45) is 0. The molecule has 3 N–H and O–H groups in total. The second kappa shape index (κ2) is 4.78. The molecule has 1 aromatic heterocycles. The average Bonchev–Trinajstić information content (AvgIpc) is 2.73. The van der Waals surface area contributed by atoms with Crippen molar-refractivity contribution < 1.29 is 4.74 Å². The van der Waals surface area contributed by atoms with Crippen molar-refractivity contribution in [2.45, 2.75) is 25.0 Å². The molecule has 0 saturated carbocycles. The van der Waals surface area contributed by atoms with Crippen molar-refractivity contribution in [1.82, 2.24) is 9.97 Å². The number of nitrogen functional groups attached to an aromatic ring is 1. The van der Waals surface area contributed by atoms with Crippen molar-refractivity contribution in [3.63, 3.8) is 0 Å². The van der Waals surface area contributed by atoms with E-state index in [2.05, 4.69) is 15.4 Å². The third-order valence-corrected chi connectivity index (χ3v) is 3.17. The molecule has 1 aliphatic heterocycles. The highest BCUT2D eigenvalue weighted by Crippen LogP contribution is 2.32. The van der Waals surface area contributed by atoms with Gasteiger partial charge in [-0.05, 0) is 6.92 Å². The molecule has 82 valence electrons. The number of rotatable bonds is 4. The molecule has 0 fully saturated rings. The van der Waals surface area contributed by atoms with E-state index in [-0.39, 0.29) is 0 Å². The fraction of sp³-hybridized carbons (Fsp3) is 0.556. The first-order chi connectivity index (χ1) is 7.35. The molecular weight excluding hydrogens is 212 g/mol. The lowest BCUT2D eigenvalue weighted by Crippen LogP contribution is -2.14. The SMILES string of the molecule is CCOCc1nc2c(c(NN)n1)CSC2. The van der Waals surface area contributed by atoms with Gasteiger partial charge in [-0.1, -0.05) is 0 Å². The average molecular weight is 226 g/mol. The summed E-state index contributed by atoms with van der Waals surface area (Å²) < 4.78 is 5.28. The smallest absolute Gasteiger partial charge is 0.156 e. The van der Waals surface area contributed by atoms with Crippen molar-refractivity contribution >= 4 is 17.6 Å². The maximum Gasteiger partial charge on any atom is 0.156 e. The standard InChI is InChI=1S/C9H14N4OS/c1-2-14-3-8-11-7-5-15-4-6(7)9(12-8)13-10/h2-5,10H2,1H3,(H,11,12,13). The van der Waals surface area contributed by atoms with Gasteiger partial charge >= 0.3 is 0 Å². The van der Waals surface area contributed by atoms with Gasteiger partial charge in [0.2, 0.25) is 0 Å². The van der Waals surface area contributed by atoms with Crippen LogP contribution in [-0.2, 0) is 22.8 Å². The number of hydrazine groups is 1. The van der Waals surface area contributed by atoms with Crippen LogP contribution in [0.4, 0.5) is 5.82 Å². The third-order valence-electron chi connectivity index (χ3n) is 2.20. The van der Waals surface area contributed by atoms with E-state index in [0.717, 1.165) is 28.6 Å². The van der Waals surface area contributed by atoms with Crippen LogP contribution in [0.1, 0.15) is 24.0 Å². The normalized spacial score (nSPS) is 14.0. The molecule has 0 saturated heterocycles. The first kappa shape index (κ1) is 10.7. The maximum absolute atomic E-state index is 5.43. The number of hydrogen-bond donors (Lipinski definition) is 2. The highest BCUT2D eigenvalue weighted by molar-refractivity contribution is 7.98. The van der Waals surface area contributed by atoms with Crippen LogP contribution in [0, 0.1) is 0 Å². The van der Waals surface area contributed by atoms with Gasteiger partial charge in [-0.3, -0.25) is 0 Å². The molecule has 5 nitrogen and oxygen atoms in total. The lowest BCUT2D eigenvalue weighted by atomic mass is 10.2. The van der Waals surface area contributed by atoms with Crippen molar-refractivity contribution in [3.05, 3.63) is 17.1 Å². The van der Waals surface area contributed by atoms with E-state index in [9.17, 15) is 0 Å². The highest BCUT2D eigenvalue weighted by atomic mass is 32.2. The number of ether oxygens (including phenoxy) is 1. The fourth-order valence-corrected chi connectivity index (χ4v) is 2.52. The minimum atomic E-state index is 0.448. The number of hydrogen-bond acceptors (Lipinski definition) is 6. The topological polar surface area (TPSA) is 73.1 Å². The second-order valence-corrected chi connectivity index (χ2v) is 4.17. The Morgan fingerprint density at radius 1 is 1.47 bits per heavy atom. The van der Waals surface area contributed by atoms with E-state index in [1.165, 1.54) is 0 Å². The Morgan fingerprint density at radius 2 is 2.33 bits per heavy atom. The van der Waals surface area contributed by atoms with E-state index in [1.807, 2.05) is 18.7 Å². The number of anilines is 1. The largest absolute Gasteiger partial charge is 0.374 e. The van der Waals surface area contributed by atoms with Crippen LogP contribution in [0.15, 0.2) is 0 Å². The Labute approximate surface area is 92.8 Å². The minimum Gasteiger partial charge on any atom is -0.374 e. The molecule has 0 atom stereocenters. The van der Waals surface area contributed by atoms with Gasteiger partial charge in [-0.25, -0.2) is 15.8 Å². The number of nitrogens with one attached hydrogen (secondary N) is 1. The van der Waals surface area contributed by atoms with Crippen LogP contribution < -0.4 is 11.3 Å². The molecule has 0 radical (unpaired) electrons. The maximum atomic E-state index is 5.43. The van der Waals surface area contributed by atoms with E-state index < -0.39 is 0 Å². The van der Waals surface area contributed by atoms with Gasteiger partial charge in [0.05, 0.1) is 5.69 Å². The number of aromatic nitrogens is 2. The molecule has 0 bridgehead atoms. The van der Waals surface area contributed by atoms with Gasteiger partial charge in [-0.2, -0.15) is 11.8 Å². The number of nitrogens with zero attached hydrogens (tertiary/aromatic N) is 2. The summed E-state index contributed by atoms with van der Waals surface area (Å²) in [5, 5.41) is 0. The van der Waals surface area contributed by atoms with Crippen LogP contribution in [0.2, 0.25) is 0 Å². The third kappa shape index (κ3) is 2.22. The fourth-order valence-electron chi connectivity index (χ4n) is 1.48. The molecule has 15 heavy (non-hydrogen) atoms. The predicted octanol–water partition coefficient (Wildman–Crippen LogP) is 1.05. The van der Waals surface area contributed by atoms with Gasteiger partial charge < -0.3 is 10.2 Å². The first-order valence-electron chi connectivity index (χ1n) is 4.86. The summed E-state index contributed by atoms with van der Waals surface area (Å²) in [5.41, 5.74) is 4.83. The molecule has 0 unspecified atom stereocenters. The van der Waals surface area contributed by atoms with E-state index >= 15 is 0 Å². The summed E-state index contributed by atoms with van der Waals surface area (Å²) in [6, 6.07) is 0. The summed E-state index contributed by atoms with van der Waals surface area (Å²) in [4.78, 5) is 8.76. The molecule has 1 aromatic rings. The van der Waals surface area contributed by atoms with Crippen LogP contribution in [0.3, 0.4) is 0 Å². The summed E-state index contributed by atoms with van der Waals surface area (Å²) >= 11 is 1.83. The predicted molar refractivity (Wildman–Crippen MR) is 60.2 cm³/mol. The molecule has 2 rings (SSSR count). The number of thioether (sulfide) groups is 1. The molecule has 0 spiro atoms. The van der Waals surface area contributed by atoms with E-state index in [0.29, 0.717) is 19.0 Å². The molecule has 2 heterocycles. The first-order valence-corrected chi connectivity index (χ1v) is 6.01. The van der Waals surface area contributed by atoms with E-state index in [4.69, 9.17) is 10.6 Å². The Balaban J connectivity index is 2.26. The van der Waals surface area contributed by atoms with E-state index in [1.54, 1.807) is 0 Å².